The quantitative estimate of drug-likeness (QED) is 0.735. The van der Waals surface area contributed by atoms with Crippen LogP contribution in [0.15, 0.2) is 28.7 Å². The lowest BCUT2D eigenvalue weighted by Gasteiger charge is -2.11. The van der Waals surface area contributed by atoms with Gasteiger partial charge in [-0.3, -0.25) is 0 Å². The molecule has 0 bridgehead atoms. The molecule has 2 aromatic rings. The van der Waals surface area contributed by atoms with Crippen molar-refractivity contribution in [3.05, 3.63) is 40.1 Å². The molecule has 0 aliphatic heterocycles. The molecule has 112 valence electrons. The van der Waals surface area contributed by atoms with Crippen molar-refractivity contribution in [1.82, 2.24) is 9.97 Å². The molecule has 2 N–H and O–H groups in total. The highest BCUT2D eigenvalue weighted by atomic mass is 79.9. The van der Waals surface area contributed by atoms with Crippen LogP contribution in [0.2, 0.25) is 0 Å². The topological polar surface area (TPSA) is 49.8 Å². The average molecular weight is 349 g/mol. The van der Waals surface area contributed by atoms with Crippen LogP contribution in [-0.4, -0.2) is 16.5 Å². The minimum Gasteiger partial charge on any atom is -0.370 e. The standard InChI is InChI=1S/C16H21BrN4/c1-4-5-8-18-15-10-16(20-12(3)19-15)21-13-7-6-11(2)14(17)9-13/h6-7,9-10H,4-5,8H2,1-3H3,(H2,18,19,20,21). The molecule has 2 rings (SSSR count). The molecule has 1 aromatic heterocycles. The van der Waals surface area contributed by atoms with E-state index < -0.39 is 0 Å². The molecule has 1 aromatic carbocycles. The van der Waals surface area contributed by atoms with Gasteiger partial charge in [0.05, 0.1) is 0 Å². The molecule has 5 heteroatoms. The number of halogens is 1. The first-order valence-corrected chi connectivity index (χ1v) is 8.00. The highest BCUT2D eigenvalue weighted by Crippen LogP contribution is 2.23. The Hall–Kier alpha value is -1.62. The van der Waals surface area contributed by atoms with Gasteiger partial charge in [0.25, 0.3) is 0 Å². The normalized spacial score (nSPS) is 10.5. The highest BCUT2D eigenvalue weighted by Gasteiger charge is 2.03. The van der Waals surface area contributed by atoms with Gasteiger partial charge < -0.3 is 10.6 Å². The summed E-state index contributed by atoms with van der Waals surface area (Å²) in [7, 11) is 0. The second kappa shape index (κ2) is 7.41. The molecule has 0 spiro atoms. The molecule has 21 heavy (non-hydrogen) atoms. The third-order valence-corrected chi connectivity index (χ3v) is 3.97. The third-order valence-electron chi connectivity index (χ3n) is 3.12. The van der Waals surface area contributed by atoms with Gasteiger partial charge in [-0.1, -0.05) is 35.3 Å². The lowest BCUT2D eigenvalue weighted by atomic mass is 10.2. The van der Waals surface area contributed by atoms with Gasteiger partial charge in [0.2, 0.25) is 0 Å². The summed E-state index contributed by atoms with van der Waals surface area (Å²) in [6.07, 6.45) is 2.30. The van der Waals surface area contributed by atoms with E-state index in [9.17, 15) is 0 Å². The fourth-order valence-electron chi connectivity index (χ4n) is 1.93. The van der Waals surface area contributed by atoms with Crippen molar-refractivity contribution in [1.29, 1.82) is 0 Å². The molecule has 0 radical (unpaired) electrons. The summed E-state index contributed by atoms with van der Waals surface area (Å²) >= 11 is 3.55. The van der Waals surface area contributed by atoms with Gasteiger partial charge in [-0.15, -0.1) is 0 Å². The summed E-state index contributed by atoms with van der Waals surface area (Å²) in [5, 5.41) is 6.66. The summed E-state index contributed by atoms with van der Waals surface area (Å²) in [5.41, 5.74) is 2.21. The number of hydrogen-bond donors (Lipinski definition) is 2. The van der Waals surface area contributed by atoms with Gasteiger partial charge in [-0.05, 0) is 38.0 Å². The van der Waals surface area contributed by atoms with E-state index in [-0.39, 0.29) is 0 Å². The number of nitrogens with one attached hydrogen (secondary N) is 2. The third kappa shape index (κ3) is 4.70. The Morgan fingerprint density at radius 1 is 1.10 bits per heavy atom. The van der Waals surface area contributed by atoms with E-state index in [1.807, 2.05) is 19.1 Å². The zero-order chi connectivity index (χ0) is 15.2. The van der Waals surface area contributed by atoms with Crippen LogP contribution in [0.25, 0.3) is 0 Å². The minimum absolute atomic E-state index is 0.755. The molecule has 0 saturated carbocycles. The smallest absolute Gasteiger partial charge is 0.136 e. The lowest BCUT2D eigenvalue weighted by Crippen LogP contribution is -2.06. The van der Waals surface area contributed by atoms with Crippen molar-refractivity contribution in [3.63, 3.8) is 0 Å². The number of nitrogens with zero attached hydrogens (tertiary/aromatic N) is 2. The summed E-state index contributed by atoms with van der Waals surface area (Å²) < 4.78 is 1.08. The van der Waals surface area contributed by atoms with Crippen LogP contribution in [-0.2, 0) is 0 Å². The highest BCUT2D eigenvalue weighted by molar-refractivity contribution is 9.10. The second-order valence-corrected chi connectivity index (χ2v) is 5.91. The monoisotopic (exact) mass is 348 g/mol. The SMILES string of the molecule is CCCCNc1cc(Nc2ccc(C)c(Br)c2)nc(C)n1. The molecule has 1 heterocycles. The maximum absolute atomic E-state index is 4.43. The summed E-state index contributed by atoms with van der Waals surface area (Å²) in [6.45, 7) is 7.08. The van der Waals surface area contributed by atoms with E-state index in [0.29, 0.717) is 0 Å². The number of aromatic nitrogens is 2. The second-order valence-electron chi connectivity index (χ2n) is 5.05. The fourth-order valence-corrected chi connectivity index (χ4v) is 2.31. The Kier molecular flexibility index (Phi) is 5.56. The predicted molar refractivity (Wildman–Crippen MR) is 92.3 cm³/mol. The van der Waals surface area contributed by atoms with E-state index in [1.165, 1.54) is 12.0 Å². The van der Waals surface area contributed by atoms with Gasteiger partial charge in [0, 0.05) is 22.8 Å². The van der Waals surface area contributed by atoms with Crippen molar-refractivity contribution < 1.29 is 0 Å². The number of benzene rings is 1. The van der Waals surface area contributed by atoms with Crippen LogP contribution in [0.1, 0.15) is 31.2 Å². The van der Waals surface area contributed by atoms with Gasteiger partial charge >= 0.3 is 0 Å². The molecule has 0 aliphatic carbocycles. The van der Waals surface area contributed by atoms with Crippen LogP contribution in [0.4, 0.5) is 17.3 Å². The minimum atomic E-state index is 0.755. The Morgan fingerprint density at radius 3 is 2.57 bits per heavy atom. The number of rotatable bonds is 6. The van der Waals surface area contributed by atoms with E-state index in [1.54, 1.807) is 0 Å². The predicted octanol–water partition coefficient (Wildman–Crippen LogP) is 4.81. The van der Waals surface area contributed by atoms with E-state index in [4.69, 9.17) is 0 Å². The fraction of sp³-hybridized carbons (Fsp3) is 0.375. The molecule has 0 fully saturated rings. The van der Waals surface area contributed by atoms with Crippen molar-refractivity contribution >= 4 is 33.3 Å². The summed E-state index contributed by atoms with van der Waals surface area (Å²) in [4.78, 5) is 8.84. The molecule has 0 saturated heterocycles. The number of unbranched alkanes of at least 4 members (excludes halogenated alkanes) is 1. The van der Waals surface area contributed by atoms with Crippen molar-refractivity contribution in [2.75, 3.05) is 17.2 Å². The zero-order valence-electron chi connectivity index (χ0n) is 12.7. The Balaban J connectivity index is 2.13. The molecule has 4 nitrogen and oxygen atoms in total. The van der Waals surface area contributed by atoms with Crippen LogP contribution < -0.4 is 10.6 Å². The summed E-state index contributed by atoms with van der Waals surface area (Å²) in [5.74, 6) is 2.42. The van der Waals surface area contributed by atoms with Crippen LogP contribution in [0.3, 0.4) is 0 Å². The van der Waals surface area contributed by atoms with Gasteiger partial charge in [0.1, 0.15) is 17.5 Å². The van der Waals surface area contributed by atoms with E-state index in [2.05, 4.69) is 62.5 Å². The van der Waals surface area contributed by atoms with E-state index >= 15 is 0 Å². The molecular formula is C16H21BrN4. The first kappa shape index (κ1) is 15.8. The summed E-state index contributed by atoms with van der Waals surface area (Å²) in [6, 6.07) is 8.11. The van der Waals surface area contributed by atoms with Crippen molar-refractivity contribution in [3.8, 4) is 0 Å². The first-order valence-electron chi connectivity index (χ1n) is 7.21. The number of hydrogen-bond acceptors (Lipinski definition) is 4. The number of anilines is 3. The average Bonchev–Trinajstić information content (AvgIpc) is 2.43. The van der Waals surface area contributed by atoms with Crippen molar-refractivity contribution in [2.45, 2.75) is 33.6 Å². The zero-order valence-corrected chi connectivity index (χ0v) is 14.3. The maximum atomic E-state index is 4.43. The Bertz CT molecular complexity index is 613. The molecule has 0 atom stereocenters. The van der Waals surface area contributed by atoms with Gasteiger partial charge in [-0.25, -0.2) is 9.97 Å². The molecule has 0 aliphatic rings. The molecular weight excluding hydrogens is 328 g/mol. The maximum Gasteiger partial charge on any atom is 0.136 e. The van der Waals surface area contributed by atoms with Crippen LogP contribution in [0, 0.1) is 13.8 Å². The van der Waals surface area contributed by atoms with Crippen molar-refractivity contribution in [2.24, 2.45) is 0 Å². The van der Waals surface area contributed by atoms with Gasteiger partial charge in [-0.2, -0.15) is 0 Å². The molecule has 0 unspecified atom stereocenters. The first-order chi connectivity index (χ1) is 10.1. The van der Waals surface area contributed by atoms with E-state index in [0.717, 1.165) is 40.6 Å². The molecule has 0 amide bonds. The van der Waals surface area contributed by atoms with Gasteiger partial charge in [0.15, 0.2) is 0 Å². The largest absolute Gasteiger partial charge is 0.370 e. The van der Waals surface area contributed by atoms with Crippen LogP contribution in [0.5, 0.6) is 0 Å². The Morgan fingerprint density at radius 2 is 1.86 bits per heavy atom. The Labute approximate surface area is 134 Å². The lowest BCUT2D eigenvalue weighted by molar-refractivity contribution is 0.829. The number of aryl methyl sites for hydroxylation is 2. The van der Waals surface area contributed by atoms with Crippen LogP contribution >= 0.6 is 15.9 Å².